The molecule has 0 unspecified atom stereocenters. The summed E-state index contributed by atoms with van der Waals surface area (Å²) in [6.07, 6.45) is 6.35. The number of esters is 1. The molecule has 2 nitrogen and oxygen atoms in total. The van der Waals surface area contributed by atoms with E-state index in [1.807, 2.05) is 13.0 Å². The molecule has 3 rings (SSSR count). The molecule has 2 aliphatic rings. The summed E-state index contributed by atoms with van der Waals surface area (Å²) < 4.78 is 5.06. The van der Waals surface area contributed by atoms with Crippen molar-refractivity contribution in [2.45, 2.75) is 32.6 Å². The fraction of sp³-hybridized carbons (Fsp3) is 0.353. The first-order chi connectivity index (χ1) is 9.31. The minimum Gasteiger partial charge on any atom is -0.463 e. The molecule has 0 saturated carbocycles. The predicted molar refractivity (Wildman–Crippen MR) is 76.4 cm³/mol. The Balaban J connectivity index is 2.08. The van der Waals surface area contributed by atoms with E-state index in [1.54, 1.807) is 6.08 Å². The molecule has 0 spiro atoms. The Hall–Kier alpha value is -1.83. The number of hydrogen-bond donors (Lipinski definition) is 0. The van der Waals surface area contributed by atoms with Crippen molar-refractivity contribution in [3.63, 3.8) is 0 Å². The van der Waals surface area contributed by atoms with Gasteiger partial charge in [0.15, 0.2) is 0 Å². The number of fused-ring (bicyclic) bond motifs is 2. The minimum atomic E-state index is -0.230. The third kappa shape index (κ3) is 2.12. The van der Waals surface area contributed by atoms with E-state index >= 15 is 0 Å². The first-order valence-electron chi connectivity index (χ1n) is 7.02. The zero-order valence-corrected chi connectivity index (χ0v) is 11.2. The lowest BCUT2D eigenvalue weighted by Crippen LogP contribution is -2.02. The summed E-state index contributed by atoms with van der Waals surface area (Å²) in [6, 6.07) is 8.39. The molecule has 1 aromatic carbocycles. The Morgan fingerprint density at radius 3 is 2.58 bits per heavy atom. The van der Waals surface area contributed by atoms with Crippen molar-refractivity contribution >= 4 is 17.1 Å². The maximum Gasteiger partial charge on any atom is 0.331 e. The van der Waals surface area contributed by atoms with Gasteiger partial charge < -0.3 is 4.74 Å². The van der Waals surface area contributed by atoms with Gasteiger partial charge in [0, 0.05) is 6.08 Å². The van der Waals surface area contributed by atoms with Gasteiger partial charge in [0.05, 0.1) is 6.61 Å². The molecule has 0 fully saturated rings. The summed E-state index contributed by atoms with van der Waals surface area (Å²) in [5.41, 5.74) is 6.40. The van der Waals surface area contributed by atoms with Crippen molar-refractivity contribution in [3.05, 3.63) is 47.0 Å². The van der Waals surface area contributed by atoms with Crippen LogP contribution in [0.4, 0.5) is 0 Å². The van der Waals surface area contributed by atoms with Crippen LogP contribution >= 0.6 is 0 Å². The third-order valence-corrected chi connectivity index (χ3v) is 3.88. The molecule has 0 N–H and O–H groups in total. The van der Waals surface area contributed by atoms with Crippen LogP contribution in [0.15, 0.2) is 35.9 Å². The molecule has 0 aromatic heterocycles. The highest BCUT2D eigenvalue weighted by Gasteiger charge is 2.28. The number of benzene rings is 1. The maximum absolute atomic E-state index is 11.8. The van der Waals surface area contributed by atoms with E-state index in [0.717, 1.165) is 18.4 Å². The lowest BCUT2D eigenvalue weighted by molar-refractivity contribution is -0.137. The molecule has 1 aromatic rings. The van der Waals surface area contributed by atoms with Crippen molar-refractivity contribution in [2.75, 3.05) is 6.61 Å². The van der Waals surface area contributed by atoms with Gasteiger partial charge in [-0.3, -0.25) is 0 Å². The monoisotopic (exact) mass is 254 g/mol. The normalized spacial score (nSPS) is 19.3. The summed E-state index contributed by atoms with van der Waals surface area (Å²) in [5.74, 6) is -0.230. The zero-order chi connectivity index (χ0) is 13.2. The molecule has 2 heteroatoms. The molecule has 0 bridgehead atoms. The molecule has 0 atom stereocenters. The molecule has 19 heavy (non-hydrogen) atoms. The quantitative estimate of drug-likeness (QED) is 0.589. The van der Waals surface area contributed by atoms with E-state index in [4.69, 9.17) is 4.74 Å². The SMILES string of the molecule is CCOC(=O)/C=C1\C2=C(CCCC2)c2ccccc21. The lowest BCUT2D eigenvalue weighted by Gasteiger charge is -2.14. The van der Waals surface area contributed by atoms with Crippen LogP contribution in [-0.4, -0.2) is 12.6 Å². The van der Waals surface area contributed by atoms with E-state index in [9.17, 15) is 4.79 Å². The van der Waals surface area contributed by atoms with Gasteiger partial charge in [-0.25, -0.2) is 4.79 Å². The Kier molecular flexibility index (Phi) is 3.24. The van der Waals surface area contributed by atoms with Crippen LogP contribution in [0.3, 0.4) is 0 Å². The van der Waals surface area contributed by atoms with Gasteiger partial charge in [0.2, 0.25) is 0 Å². The summed E-state index contributed by atoms with van der Waals surface area (Å²) in [5, 5.41) is 0. The zero-order valence-electron chi connectivity index (χ0n) is 11.2. The van der Waals surface area contributed by atoms with Gasteiger partial charge in [0.25, 0.3) is 0 Å². The van der Waals surface area contributed by atoms with E-state index in [2.05, 4.69) is 18.2 Å². The third-order valence-electron chi connectivity index (χ3n) is 3.88. The molecule has 0 amide bonds. The number of hydrogen-bond acceptors (Lipinski definition) is 2. The fourth-order valence-electron chi connectivity index (χ4n) is 3.11. The summed E-state index contributed by atoms with van der Waals surface area (Å²) in [7, 11) is 0. The van der Waals surface area contributed by atoms with Crippen LogP contribution in [0, 0.1) is 0 Å². The van der Waals surface area contributed by atoms with E-state index in [0.29, 0.717) is 6.61 Å². The van der Waals surface area contributed by atoms with Crippen molar-refractivity contribution in [1.82, 2.24) is 0 Å². The second-order valence-corrected chi connectivity index (χ2v) is 5.02. The van der Waals surface area contributed by atoms with Gasteiger partial charge >= 0.3 is 5.97 Å². The van der Waals surface area contributed by atoms with Gasteiger partial charge in [-0.2, -0.15) is 0 Å². The molecule has 2 aliphatic carbocycles. The molecule has 0 aliphatic heterocycles. The van der Waals surface area contributed by atoms with Crippen molar-refractivity contribution in [2.24, 2.45) is 0 Å². The van der Waals surface area contributed by atoms with Crippen LogP contribution in [-0.2, 0) is 9.53 Å². The molecular formula is C17H18O2. The van der Waals surface area contributed by atoms with Gasteiger partial charge in [-0.05, 0) is 60.5 Å². The minimum absolute atomic E-state index is 0.230. The van der Waals surface area contributed by atoms with Gasteiger partial charge in [-0.15, -0.1) is 0 Å². The highest BCUT2D eigenvalue weighted by atomic mass is 16.5. The molecule has 98 valence electrons. The first-order valence-corrected chi connectivity index (χ1v) is 7.02. The Labute approximate surface area is 113 Å². The highest BCUT2D eigenvalue weighted by molar-refractivity contribution is 6.06. The second-order valence-electron chi connectivity index (χ2n) is 5.02. The fourth-order valence-corrected chi connectivity index (χ4v) is 3.11. The molecule has 0 saturated heterocycles. The van der Waals surface area contributed by atoms with Crippen LogP contribution in [0.2, 0.25) is 0 Å². The average molecular weight is 254 g/mol. The predicted octanol–water partition coefficient (Wildman–Crippen LogP) is 3.97. The topological polar surface area (TPSA) is 26.3 Å². The smallest absolute Gasteiger partial charge is 0.331 e. The number of carbonyl (C=O) groups excluding carboxylic acids is 1. The number of ether oxygens (including phenoxy) is 1. The van der Waals surface area contributed by atoms with E-state index in [-0.39, 0.29) is 5.97 Å². The Morgan fingerprint density at radius 2 is 1.84 bits per heavy atom. The highest BCUT2D eigenvalue weighted by Crippen LogP contribution is 2.47. The first kappa shape index (κ1) is 12.2. The maximum atomic E-state index is 11.8. The number of rotatable bonds is 2. The summed E-state index contributed by atoms with van der Waals surface area (Å²) >= 11 is 0. The van der Waals surface area contributed by atoms with Crippen molar-refractivity contribution in [1.29, 1.82) is 0 Å². The van der Waals surface area contributed by atoms with Crippen molar-refractivity contribution < 1.29 is 9.53 Å². The van der Waals surface area contributed by atoms with Crippen LogP contribution in [0.25, 0.3) is 11.1 Å². The number of carbonyl (C=O) groups is 1. The molecule has 0 heterocycles. The van der Waals surface area contributed by atoms with Crippen LogP contribution in [0.5, 0.6) is 0 Å². The van der Waals surface area contributed by atoms with Gasteiger partial charge in [0.1, 0.15) is 0 Å². The Bertz CT molecular complexity index is 579. The van der Waals surface area contributed by atoms with E-state index < -0.39 is 0 Å². The van der Waals surface area contributed by atoms with Crippen LogP contribution < -0.4 is 0 Å². The van der Waals surface area contributed by atoms with E-state index in [1.165, 1.54) is 35.1 Å². The lowest BCUT2D eigenvalue weighted by atomic mass is 9.90. The van der Waals surface area contributed by atoms with Crippen molar-refractivity contribution in [3.8, 4) is 0 Å². The largest absolute Gasteiger partial charge is 0.463 e. The summed E-state index contributed by atoms with van der Waals surface area (Å²) in [4.78, 5) is 11.8. The summed E-state index contributed by atoms with van der Waals surface area (Å²) in [6.45, 7) is 2.26. The average Bonchev–Trinajstić information content (AvgIpc) is 2.75. The molecular weight excluding hydrogens is 236 g/mol. The standard InChI is InChI=1S/C17H18O2/c1-2-19-17(18)11-16-14-9-5-3-7-12(14)13-8-4-6-10-15(13)16/h3,5,7,9,11H,2,4,6,8,10H2,1H3/b16-11-. The molecule has 0 radical (unpaired) electrons. The Morgan fingerprint density at radius 1 is 1.16 bits per heavy atom. The van der Waals surface area contributed by atoms with Crippen LogP contribution in [0.1, 0.15) is 43.7 Å². The second kappa shape index (κ2) is 5.04. The van der Waals surface area contributed by atoms with Gasteiger partial charge in [-0.1, -0.05) is 24.3 Å². The number of allylic oxidation sites excluding steroid dienone is 3.